The maximum atomic E-state index is 12.9. The van der Waals surface area contributed by atoms with E-state index in [1.54, 1.807) is 18.2 Å². The van der Waals surface area contributed by atoms with Gasteiger partial charge in [0.05, 0.1) is 27.4 Å². The summed E-state index contributed by atoms with van der Waals surface area (Å²) in [5, 5.41) is 0. The maximum absolute atomic E-state index is 12.9. The summed E-state index contributed by atoms with van der Waals surface area (Å²) in [6, 6.07) is 12.3. The topological polar surface area (TPSA) is 53.2 Å². The van der Waals surface area contributed by atoms with E-state index >= 15 is 0 Å². The molecule has 0 aromatic heterocycles. The highest BCUT2D eigenvalue weighted by molar-refractivity contribution is 5.58. The molecule has 33 heavy (non-hydrogen) atoms. The van der Waals surface area contributed by atoms with E-state index in [-0.39, 0.29) is 31.2 Å². The first-order valence-corrected chi connectivity index (χ1v) is 8.87. The molecule has 0 saturated heterocycles. The van der Waals surface area contributed by atoms with Crippen LogP contribution in [0.25, 0.3) is 9.69 Å². The molecule has 3 aromatic carbocycles. The standard InChI is InChI=1S/C8H6FNO.C8H10FNO.C7H3F2N.CH4/c1-10-8-6(9)4-3-5-7(8)11-2;1-11-8-4-2-3-7(9)6(8)5-10;1-10-7-5(8)3-2-4-6(7)9;/h3-5H,2H3;2-4H,5,10H2,1H3;2-4H;1H4. The number of methoxy groups -OCH3 is 2. The van der Waals surface area contributed by atoms with Gasteiger partial charge in [-0.1, -0.05) is 25.6 Å². The third-order valence-electron chi connectivity index (χ3n) is 3.83. The Balaban J connectivity index is 0.000000459. The van der Waals surface area contributed by atoms with E-state index in [0.717, 1.165) is 12.1 Å². The van der Waals surface area contributed by atoms with E-state index in [1.807, 2.05) is 0 Å². The van der Waals surface area contributed by atoms with Crippen LogP contribution in [0.3, 0.4) is 0 Å². The number of nitrogens with two attached hydrogens (primary N) is 1. The lowest BCUT2D eigenvalue weighted by Gasteiger charge is -2.05. The minimum absolute atomic E-state index is 0. The van der Waals surface area contributed by atoms with E-state index in [0.29, 0.717) is 11.3 Å². The molecule has 5 nitrogen and oxygen atoms in total. The smallest absolute Gasteiger partial charge is 0.262 e. The molecule has 0 saturated carbocycles. The molecule has 0 unspecified atom stereocenters. The molecule has 0 fully saturated rings. The SMILES string of the molecule is C.COc1cccc(F)c1CN.[C-]#[N+]c1c(F)cccc1F.[C-]#[N+]c1c(F)cccc1OC. The molecule has 0 spiro atoms. The summed E-state index contributed by atoms with van der Waals surface area (Å²) in [5.74, 6) is -1.69. The lowest BCUT2D eigenvalue weighted by Crippen LogP contribution is -2.02. The largest absolute Gasteiger partial charge is 0.508 e. The molecule has 0 bridgehead atoms. The molecule has 3 rings (SSSR count). The van der Waals surface area contributed by atoms with Gasteiger partial charge in [0.25, 0.3) is 11.4 Å². The Morgan fingerprint density at radius 1 is 0.697 bits per heavy atom. The Kier molecular flexibility index (Phi) is 13.0. The van der Waals surface area contributed by atoms with Crippen molar-refractivity contribution >= 4 is 11.4 Å². The number of hydrogen-bond donors (Lipinski definition) is 1. The van der Waals surface area contributed by atoms with Crippen molar-refractivity contribution < 1.29 is 27.0 Å². The van der Waals surface area contributed by atoms with Crippen molar-refractivity contribution in [3.05, 3.63) is 106 Å². The fourth-order valence-electron chi connectivity index (χ4n) is 2.29. The van der Waals surface area contributed by atoms with Crippen LogP contribution in [0, 0.1) is 36.4 Å². The molecule has 9 heteroatoms. The fraction of sp³-hybridized carbons (Fsp3) is 0.167. The zero-order valence-electron chi connectivity index (χ0n) is 17.2. The summed E-state index contributed by atoms with van der Waals surface area (Å²) in [6.07, 6.45) is 0. The average molecular weight is 461 g/mol. The molecular formula is C24H23F4N3O2. The predicted octanol–water partition coefficient (Wildman–Crippen LogP) is 6.83. The highest BCUT2D eigenvalue weighted by Gasteiger charge is 2.07. The number of ether oxygens (including phenoxy) is 2. The average Bonchev–Trinajstić information content (AvgIpc) is 2.79. The Labute approximate surface area is 190 Å². The van der Waals surface area contributed by atoms with Gasteiger partial charge in [0.1, 0.15) is 34.8 Å². The molecule has 3 aromatic rings. The van der Waals surface area contributed by atoms with Crippen LogP contribution in [0.2, 0.25) is 0 Å². The summed E-state index contributed by atoms with van der Waals surface area (Å²) in [7, 11) is 2.90. The van der Waals surface area contributed by atoms with Gasteiger partial charge in [-0.05, 0) is 36.4 Å². The third kappa shape index (κ3) is 8.17. The van der Waals surface area contributed by atoms with Crippen LogP contribution in [0.1, 0.15) is 13.0 Å². The molecule has 0 aliphatic heterocycles. The van der Waals surface area contributed by atoms with Crippen LogP contribution in [0.15, 0.2) is 54.6 Å². The van der Waals surface area contributed by atoms with Gasteiger partial charge >= 0.3 is 0 Å². The molecule has 0 atom stereocenters. The third-order valence-corrected chi connectivity index (χ3v) is 3.83. The first-order chi connectivity index (χ1) is 15.3. The highest BCUT2D eigenvalue weighted by atomic mass is 19.1. The van der Waals surface area contributed by atoms with Crippen LogP contribution in [0.4, 0.5) is 28.9 Å². The molecule has 0 amide bonds. The van der Waals surface area contributed by atoms with Crippen molar-refractivity contribution in [3.63, 3.8) is 0 Å². The van der Waals surface area contributed by atoms with Crippen molar-refractivity contribution in [2.75, 3.05) is 14.2 Å². The first kappa shape index (κ1) is 28.9. The lowest BCUT2D eigenvalue weighted by atomic mass is 10.2. The zero-order chi connectivity index (χ0) is 24.1. The lowest BCUT2D eigenvalue weighted by molar-refractivity contribution is 0.404. The Hall–Kier alpha value is -4.08. The van der Waals surface area contributed by atoms with E-state index in [9.17, 15) is 17.6 Å². The Morgan fingerprint density at radius 3 is 1.42 bits per heavy atom. The molecule has 0 radical (unpaired) electrons. The van der Waals surface area contributed by atoms with Gasteiger partial charge in [-0.25, -0.2) is 27.3 Å². The fourth-order valence-corrected chi connectivity index (χ4v) is 2.29. The Morgan fingerprint density at radius 2 is 1.09 bits per heavy atom. The molecule has 2 N–H and O–H groups in total. The van der Waals surface area contributed by atoms with E-state index in [1.165, 1.54) is 38.5 Å². The minimum atomic E-state index is -0.810. The number of benzene rings is 3. The maximum Gasteiger partial charge on any atom is 0.262 e. The van der Waals surface area contributed by atoms with Gasteiger partial charge < -0.3 is 15.2 Å². The van der Waals surface area contributed by atoms with Crippen LogP contribution < -0.4 is 15.2 Å². The van der Waals surface area contributed by atoms with E-state index < -0.39 is 23.1 Å². The molecular weight excluding hydrogens is 438 g/mol. The van der Waals surface area contributed by atoms with Gasteiger partial charge in [-0.3, -0.25) is 0 Å². The molecule has 174 valence electrons. The minimum Gasteiger partial charge on any atom is -0.508 e. The number of rotatable bonds is 3. The molecule has 0 heterocycles. The second-order valence-corrected chi connectivity index (χ2v) is 5.71. The highest BCUT2D eigenvalue weighted by Crippen LogP contribution is 2.29. The van der Waals surface area contributed by atoms with E-state index in [2.05, 4.69) is 9.69 Å². The quantitative estimate of drug-likeness (QED) is 0.344. The van der Waals surface area contributed by atoms with Crippen LogP contribution >= 0.6 is 0 Å². The van der Waals surface area contributed by atoms with Crippen molar-refractivity contribution in [3.8, 4) is 11.5 Å². The number of nitrogens with zero attached hydrogens (tertiary/aromatic N) is 2. The van der Waals surface area contributed by atoms with Crippen molar-refractivity contribution in [1.82, 2.24) is 0 Å². The number of halogens is 4. The molecule has 0 aliphatic carbocycles. The van der Waals surface area contributed by atoms with Gasteiger partial charge in [-0.15, -0.1) is 0 Å². The second-order valence-electron chi connectivity index (χ2n) is 5.71. The van der Waals surface area contributed by atoms with Gasteiger partial charge in [0.15, 0.2) is 0 Å². The van der Waals surface area contributed by atoms with Gasteiger partial charge in [0.2, 0.25) is 0 Å². The number of para-hydroxylation sites is 2. The monoisotopic (exact) mass is 461 g/mol. The van der Waals surface area contributed by atoms with Crippen molar-refractivity contribution in [2.45, 2.75) is 14.0 Å². The van der Waals surface area contributed by atoms with Crippen LogP contribution in [-0.4, -0.2) is 14.2 Å². The normalized spacial score (nSPS) is 8.88. The van der Waals surface area contributed by atoms with E-state index in [4.69, 9.17) is 28.4 Å². The first-order valence-electron chi connectivity index (χ1n) is 8.87. The van der Waals surface area contributed by atoms with Crippen molar-refractivity contribution in [2.24, 2.45) is 5.73 Å². The summed E-state index contributed by atoms with van der Waals surface area (Å²) in [4.78, 5) is 5.66. The van der Waals surface area contributed by atoms with Crippen molar-refractivity contribution in [1.29, 1.82) is 0 Å². The summed E-state index contributed by atoms with van der Waals surface area (Å²) < 4.78 is 60.1. The number of hydrogen-bond acceptors (Lipinski definition) is 3. The molecule has 0 aliphatic rings. The van der Waals surface area contributed by atoms with Crippen LogP contribution in [0.5, 0.6) is 11.5 Å². The summed E-state index contributed by atoms with van der Waals surface area (Å²) >= 11 is 0. The second kappa shape index (κ2) is 14.8. The van der Waals surface area contributed by atoms with Gasteiger partial charge in [0, 0.05) is 12.1 Å². The zero-order valence-corrected chi connectivity index (χ0v) is 17.2. The Bertz CT molecular complexity index is 1110. The summed E-state index contributed by atoms with van der Waals surface area (Å²) in [5.41, 5.74) is 5.13. The van der Waals surface area contributed by atoms with Gasteiger partial charge in [-0.2, -0.15) is 0 Å². The summed E-state index contributed by atoms with van der Waals surface area (Å²) in [6.45, 7) is 13.2. The van der Waals surface area contributed by atoms with Crippen LogP contribution in [-0.2, 0) is 6.54 Å². The predicted molar refractivity (Wildman–Crippen MR) is 119 cm³/mol.